The van der Waals surface area contributed by atoms with Gasteiger partial charge in [-0.15, -0.1) is 0 Å². The monoisotopic (exact) mass is 422 g/mol. The van der Waals surface area contributed by atoms with Gasteiger partial charge < -0.3 is 14.7 Å². The minimum atomic E-state index is -0.991. The second-order valence-electron chi connectivity index (χ2n) is 9.31. The first-order chi connectivity index (χ1) is 15.0. The molecule has 162 valence electrons. The van der Waals surface area contributed by atoms with Gasteiger partial charge in [-0.05, 0) is 50.3 Å². The van der Waals surface area contributed by atoms with Crippen LogP contribution in [0.15, 0.2) is 30.6 Å². The minimum absolute atomic E-state index is 0.0569. The number of benzene rings is 1. The smallest absolute Gasteiger partial charge is 0.412 e. The van der Waals surface area contributed by atoms with E-state index in [1.807, 2.05) is 47.1 Å². The number of carboxylic acid groups (broad SMARTS) is 1. The van der Waals surface area contributed by atoms with Crippen LogP contribution in [0.4, 0.5) is 16.2 Å². The fourth-order valence-electron chi connectivity index (χ4n) is 5.01. The van der Waals surface area contributed by atoms with Crippen LogP contribution in [0.2, 0.25) is 0 Å². The minimum Gasteiger partial charge on any atom is -0.465 e. The lowest BCUT2D eigenvalue weighted by Crippen LogP contribution is -2.64. The second-order valence-corrected chi connectivity index (χ2v) is 9.31. The molecule has 1 aromatic heterocycles. The van der Waals surface area contributed by atoms with E-state index in [1.54, 1.807) is 0 Å². The Labute approximate surface area is 180 Å². The summed E-state index contributed by atoms with van der Waals surface area (Å²) >= 11 is 0. The van der Waals surface area contributed by atoms with Gasteiger partial charge >= 0.3 is 6.09 Å². The molecule has 6 rings (SSSR count). The molecule has 8 nitrogen and oxygen atoms in total. The largest absolute Gasteiger partial charge is 0.465 e. The van der Waals surface area contributed by atoms with E-state index in [-0.39, 0.29) is 29.8 Å². The number of carbonyl (C=O) groups is 2. The van der Waals surface area contributed by atoms with Gasteiger partial charge in [-0.2, -0.15) is 5.10 Å². The van der Waals surface area contributed by atoms with Gasteiger partial charge in [0.05, 0.1) is 48.9 Å². The molecular weight excluding hydrogens is 396 g/mol. The number of ether oxygens (including phenoxy) is 1. The zero-order valence-corrected chi connectivity index (χ0v) is 17.5. The van der Waals surface area contributed by atoms with Gasteiger partial charge in [0, 0.05) is 23.6 Å². The van der Waals surface area contributed by atoms with E-state index in [2.05, 4.69) is 5.10 Å². The first-order valence-electron chi connectivity index (χ1n) is 11.1. The van der Waals surface area contributed by atoms with Crippen LogP contribution in [0.3, 0.4) is 0 Å². The fraction of sp³-hybridized carbons (Fsp3) is 0.522. The Bertz CT molecular complexity index is 1050. The summed E-state index contributed by atoms with van der Waals surface area (Å²) < 4.78 is 7.39. The summed E-state index contributed by atoms with van der Waals surface area (Å²) in [4.78, 5) is 29.0. The van der Waals surface area contributed by atoms with Crippen LogP contribution in [0, 0.1) is 11.8 Å². The van der Waals surface area contributed by atoms with E-state index in [9.17, 15) is 14.7 Å². The number of hydrogen-bond donors (Lipinski definition) is 1. The van der Waals surface area contributed by atoms with Gasteiger partial charge in [0.25, 0.3) is 0 Å². The summed E-state index contributed by atoms with van der Waals surface area (Å²) in [5, 5.41) is 14.7. The summed E-state index contributed by atoms with van der Waals surface area (Å²) in [5.41, 5.74) is 3.13. The summed E-state index contributed by atoms with van der Waals surface area (Å²) in [6, 6.07) is 5.69. The highest BCUT2D eigenvalue weighted by Gasteiger charge is 2.49. The summed E-state index contributed by atoms with van der Waals surface area (Å²) in [7, 11) is 0. The van der Waals surface area contributed by atoms with Crippen molar-refractivity contribution in [2.24, 2.45) is 11.8 Å². The second kappa shape index (κ2) is 6.82. The van der Waals surface area contributed by atoms with E-state index in [0.29, 0.717) is 30.6 Å². The highest BCUT2D eigenvalue weighted by molar-refractivity contribution is 6.05. The van der Waals surface area contributed by atoms with Crippen molar-refractivity contribution in [1.29, 1.82) is 0 Å². The zero-order chi connectivity index (χ0) is 21.3. The van der Waals surface area contributed by atoms with E-state index in [0.717, 1.165) is 36.8 Å². The normalized spacial score (nSPS) is 25.8. The third kappa shape index (κ3) is 3.04. The van der Waals surface area contributed by atoms with Crippen molar-refractivity contribution in [3.8, 4) is 11.1 Å². The summed E-state index contributed by atoms with van der Waals surface area (Å²) in [6.07, 6.45) is 7.00. The molecule has 2 aromatic rings. The lowest BCUT2D eigenvalue weighted by atomic mass is 9.86. The van der Waals surface area contributed by atoms with Crippen molar-refractivity contribution in [1.82, 2.24) is 9.78 Å². The van der Waals surface area contributed by atoms with Crippen molar-refractivity contribution in [3.63, 3.8) is 0 Å². The molecule has 4 aliphatic rings. The maximum Gasteiger partial charge on any atom is 0.412 e. The molecule has 2 aliphatic carbocycles. The van der Waals surface area contributed by atoms with E-state index in [1.165, 1.54) is 4.90 Å². The Kier molecular flexibility index (Phi) is 4.15. The zero-order valence-electron chi connectivity index (χ0n) is 17.5. The van der Waals surface area contributed by atoms with Gasteiger partial charge in [-0.3, -0.25) is 14.4 Å². The third-order valence-corrected chi connectivity index (χ3v) is 7.07. The molecule has 31 heavy (non-hydrogen) atoms. The number of amides is 2. The average molecular weight is 422 g/mol. The Morgan fingerprint density at radius 3 is 2.45 bits per heavy atom. The fourth-order valence-corrected chi connectivity index (χ4v) is 5.01. The number of hydrogen-bond acceptors (Lipinski definition) is 4. The summed E-state index contributed by atoms with van der Waals surface area (Å²) in [6.45, 7) is 3.01. The number of aromatic nitrogens is 2. The molecule has 2 amide bonds. The maximum absolute atomic E-state index is 13.2. The topological polar surface area (TPSA) is 87.9 Å². The van der Waals surface area contributed by atoms with Crippen LogP contribution in [-0.4, -0.2) is 52.2 Å². The van der Waals surface area contributed by atoms with Crippen LogP contribution in [0.1, 0.15) is 38.6 Å². The maximum atomic E-state index is 13.2. The molecule has 0 radical (unpaired) electrons. The van der Waals surface area contributed by atoms with Gasteiger partial charge in [0.1, 0.15) is 0 Å². The van der Waals surface area contributed by atoms with Gasteiger partial charge in [0.2, 0.25) is 5.91 Å². The van der Waals surface area contributed by atoms with Crippen molar-refractivity contribution in [2.75, 3.05) is 23.0 Å². The first-order valence-corrected chi connectivity index (χ1v) is 11.1. The van der Waals surface area contributed by atoms with Crippen molar-refractivity contribution < 1.29 is 19.4 Å². The quantitative estimate of drug-likeness (QED) is 0.814. The van der Waals surface area contributed by atoms with Crippen LogP contribution < -0.4 is 9.80 Å². The SMILES string of the molecule is C[C@H]1C(C2COC2)N(C(=O)O)c2cc(-c3cnn(C4CC4)c3)ccc2N1C(=O)C1CC1. The molecule has 1 N–H and O–H groups in total. The first kappa shape index (κ1) is 18.9. The molecule has 2 atom stereocenters. The Balaban J connectivity index is 1.46. The average Bonchev–Trinajstić information content (AvgIpc) is 3.64. The lowest BCUT2D eigenvalue weighted by molar-refractivity contribution is -0.120. The Hall–Kier alpha value is -2.87. The molecule has 0 bridgehead atoms. The Morgan fingerprint density at radius 1 is 1.06 bits per heavy atom. The number of rotatable bonds is 4. The molecule has 8 heteroatoms. The highest BCUT2D eigenvalue weighted by Crippen LogP contribution is 2.46. The highest BCUT2D eigenvalue weighted by atomic mass is 16.5. The molecule has 2 saturated carbocycles. The Morgan fingerprint density at radius 2 is 1.84 bits per heavy atom. The van der Waals surface area contributed by atoms with Gasteiger partial charge in [-0.25, -0.2) is 4.79 Å². The molecule has 1 unspecified atom stereocenters. The predicted molar refractivity (Wildman–Crippen MR) is 114 cm³/mol. The number of anilines is 2. The van der Waals surface area contributed by atoms with E-state index in [4.69, 9.17) is 4.74 Å². The van der Waals surface area contributed by atoms with Gasteiger partial charge in [0.15, 0.2) is 0 Å². The molecule has 3 fully saturated rings. The van der Waals surface area contributed by atoms with E-state index < -0.39 is 6.09 Å². The number of carbonyl (C=O) groups excluding carboxylic acids is 1. The third-order valence-electron chi connectivity index (χ3n) is 7.07. The lowest BCUT2D eigenvalue weighted by Gasteiger charge is -2.50. The van der Waals surface area contributed by atoms with Crippen molar-refractivity contribution in [3.05, 3.63) is 30.6 Å². The predicted octanol–water partition coefficient (Wildman–Crippen LogP) is 3.53. The van der Waals surface area contributed by atoms with Crippen molar-refractivity contribution >= 4 is 23.4 Å². The van der Waals surface area contributed by atoms with Crippen LogP contribution in [-0.2, 0) is 9.53 Å². The molecule has 2 aliphatic heterocycles. The van der Waals surface area contributed by atoms with Crippen LogP contribution >= 0.6 is 0 Å². The molecular formula is C23H26N4O4. The van der Waals surface area contributed by atoms with E-state index >= 15 is 0 Å². The molecule has 0 spiro atoms. The molecule has 1 saturated heterocycles. The van der Waals surface area contributed by atoms with Crippen LogP contribution in [0.5, 0.6) is 0 Å². The standard InChI is InChI=1S/C23H26N4O4/c1-13-21(17-11-31-12-17)27(23(29)30)20-8-15(16-9-24-25(10-16)18-5-6-18)4-7-19(20)26(13)22(28)14-2-3-14/h4,7-10,13-14,17-18,21H,2-3,5-6,11-12H2,1H3,(H,29,30)/t13-,21?/m0/s1. The molecule has 1 aromatic carbocycles. The van der Waals surface area contributed by atoms with Crippen molar-refractivity contribution in [2.45, 2.75) is 50.7 Å². The summed E-state index contributed by atoms with van der Waals surface area (Å²) in [5.74, 6) is 0.245. The van der Waals surface area contributed by atoms with Crippen LogP contribution in [0.25, 0.3) is 11.1 Å². The molecule has 3 heterocycles. The number of nitrogens with zero attached hydrogens (tertiary/aromatic N) is 4. The van der Waals surface area contributed by atoms with Gasteiger partial charge in [-0.1, -0.05) is 6.07 Å². The number of fused-ring (bicyclic) bond motifs is 1.